The van der Waals surface area contributed by atoms with Gasteiger partial charge in [0, 0.05) is 12.6 Å². The second-order valence-corrected chi connectivity index (χ2v) is 4.27. The van der Waals surface area contributed by atoms with Crippen LogP contribution in [0.15, 0.2) is 0 Å². The van der Waals surface area contributed by atoms with Gasteiger partial charge in [0.05, 0.1) is 12.7 Å². The molecule has 14 heavy (non-hydrogen) atoms. The van der Waals surface area contributed by atoms with Crippen LogP contribution in [0.2, 0.25) is 0 Å². The van der Waals surface area contributed by atoms with Gasteiger partial charge in [0.25, 0.3) is 0 Å². The Morgan fingerprint density at radius 1 is 1.14 bits per heavy atom. The van der Waals surface area contributed by atoms with Crippen molar-refractivity contribution < 1.29 is 4.74 Å². The van der Waals surface area contributed by atoms with E-state index in [0.29, 0.717) is 12.1 Å². The zero-order valence-corrected chi connectivity index (χ0v) is 10.3. The van der Waals surface area contributed by atoms with E-state index in [2.05, 4.69) is 33.0 Å². The highest BCUT2D eigenvalue weighted by atomic mass is 16.5. The maximum absolute atomic E-state index is 5.46. The van der Waals surface area contributed by atoms with Gasteiger partial charge in [-0.05, 0) is 27.2 Å². The van der Waals surface area contributed by atoms with Gasteiger partial charge in [-0.2, -0.15) is 0 Å². The third kappa shape index (κ3) is 10.0. The fourth-order valence-corrected chi connectivity index (χ4v) is 1.40. The highest BCUT2D eigenvalue weighted by Crippen LogP contribution is 2.02. The molecule has 1 atom stereocenters. The number of unbranched alkanes of at least 4 members (excludes halogenated alkanes) is 2. The second kappa shape index (κ2) is 9.47. The third-order valence-corrected chi connectivity index (χ3v) is 2.29. The molecule has 0 aliphatic heterocycles. The molecule has 2 heteroatoms. The van der Waals surface area contributed by atoms with Crippen LogP contribution in [0.3, 0.4) is 0 Å². The molecule has 0 heterocycles. The molecule has 0 rings (SSSR count). The summed E-state index contributed by atoms with van der Waals surface area (Å²) in [6, 6.07) is 0.636. The Labute approximate surface area is 89.4 Å². The monoisotopic (exact) mass is 201 g/mol. The predicted molar refractivity (Wildman–Crippen MR) is 62.7 cm³/mol. The van der Waals surface area contributed by atoms with Gasteiger partial charge in [-0.3, -0.25) is 0 Å². The van der Waals surface area contributed by atoms with Crippen LogP contribution in [-0.4, -0.2) is 25.3 Å². The van der Waals surface area contributed by atoms with Crippen molar-refractivity contribution in [3.05, 3.63) is 0 Å². The van der Waals surface area contributed by atoms with E-state index in [1.54, 1.807) is 0 Å². The molecule has 0 fully saturated rings. The Hall–Kier alpha value is -0.0800. The summed E-state index contributed by atoms with van der Waals surface area (Å²) in [5.74, 6) is 0. The van der Waals surface area contributed by atoms with Crippen molar-refractivity contribution >= 4 is 0 Å². The summed E-state index contributed by atoms with van der Waals surface area (Å²) in [4.78, 5) is 0. The summed E-state index contributed by atoms with van der Waals surface area (Å²) in [6.45, 7) is 10.5. The van der Waals surface area contributed by atoms with Crippen molar-refractivity contribution in [1.82, 2.24) is 5.32 Å². The number of hydrogen-bond donors (Lipinski definition) is 1. The normalized spacial score (nSPS) is 13.5. The smallest absolute Gasteiger partial charge is 0.0594 e. The van der Waals surface area contributed by atoms with E-state index in [4.69, 9.17) is 4.74 Å². The van der Waals surface area contributed by atoms with E-state index < -0.39 is 0 Å². The third-order valence-electron chi connectivity index (χ3n) is 2.29. The predicted octanol–water partition coefficient (Wildman–Crippen LogP) is 2.97. The number of hydrogen-bond acceptors (Lipinski definition) is 2. The molecule has 86 valence electrons. The van der Waals surface area contributed by atoms with Gasteiger partial charge in [-0.15, -0.1) is 0 Å². The van der Waals surface area contributed by atoms with Gasteiger partial charge < -0.3 is 10.1 Å². The molecule has 1 unspecified atom stereocenters. The Kier molecular flexibility index (Phi) is 9.42. The lowest BCUT2D eigenvalue weighted by Gasteiger charge is -2.14. The first-order valence-corrected chi connectivity index (χ1v) is 6.01. The van der Waals surface area contributed by atoms with Crippen LogP contribution in [0.4, 0.5) is 0 Å². The zero-order valence-electron chi connectivity index (χ0n) is 10.3. The van der Waals surface area contributed by atoms with Crippen LogP contribution in [-0.2, 0) is 4.74 Å². The Bertz CT molecular complexity index is 115. The lowest BCUT2D eigenvalue weighted by Crippen LogP contribution is -2.30. The van der Waals surface area contributed by atoms with E-state index in [9.17, 15) is 0 Å². The summed E-state index contributed by atoms with van der Waals surface area (Å²) in [5, 5.41) is 3.47. The molecule has 0 aromatic rings. The van der Waals surface area contributed by atoms with E-state index in [1.807, 2.05) is 0 Å². The highest BCUT2D eigenvalue weighted by Gasteiger charge is 2.00. The summed E-state index contributed by atoms with van der Waals surface area (Å²) >= 11 is 0. The lowest BCUT2D eigenvalue weighted by molar-refractivity contribution is 0.0794. The summed E-state index contributed by atoms with van der Waals surface area (Å²) in [5.41, 5.74) is 0. The van der Waals surface area contributed by atoms with Crippen LogP contribution in [0.1, 0.15) is 53.4 Å². The molecule has 0 saturated carbocycles. The van der Waals surface area contributed by atoms with Gasteiger partial charge in [-0.25, -0.2) is 0 Å². The molecule has 0 saturated heterocycles. The van der Waals surface area contributed by atoms with Gasteiger partial charge in [0.1, 0.15) is 0 Å². The summed E-state index contributed by atoms with van der Waals surface area (Å²) < 4.78 is 5.46. The molecule has 0 aromatic carbocycles. The average Bonchev–Trinajstić information content (AvgIpc) is 2.13. The highest BCUT2D eigenvalue weighted by molar-refractivity contribution is 4.60. The van der Waals surface area contributed by atoms with E-state index in [0.717, 1.165) is 13.2 Å². The minimum atomic E-state index is 0.354. The lowest BCUT2D eigenvalue weighted by atomic mass is 10.1. The molecule has 1 N–H and O–H groups in total. The topological polar surface area (TPSA) is 21.3 Å². The van der Waals surface area contributed by atoms with Crippen LogP contribution < -0.4 is 5.32 Å². The first-order chi connectivity index (χ1) is 6.66. The van der Waals surface area contributed by atoms with Crippen molar-refractivity contribution in [2.24, 2.45) is 0 Å². The van der Waals surface area contributed by atoms with Crippen molar-refractivity contribution in [3.63, 3.8) is 0 Å². The van der Waals surface area contributed by atoms with Crippen molar-refractivity contribution in [3.8, 4) is 0 Å². The number of ether oxygens (including phenoxy) is 1. The van der Waals surface area contributed by atoms with Gasteiger partial charge in [-0.1, -0.05) is 26.2 Å². The SMILES string of the molecule is CCCCCC(C)NCCOC(C)C. The number of nitrogens with one attached hydrogen (secondary N) is 1. The van der Waals surface area contributed by atoms with Crippen LogP contribution in [0.25, 0.3) is 0 Å². The fraction of sp³-hybridized carbons (Fsp3) is 1.00. The molecule has 0 bridgehead atoms. The Morgan fingerprint density at radius 2 is 1.86 bits per heavy atom. The first kappa shape index (κ1) is 13.9. The standard InChI is InChI=1S/C12H27NO/c1-5-6-7-8-12(4)13-9-10-14-11(2)3/h11-13H,5-10H2,1-4H3. The molecule has 0 radical (unpaired) electrons. The Balaban J connectivity index is 3.14. The van der Waals surface area contributed by atoms with E-state index >= 15 is 0 Å². The summed E-state index contributed by atoms with van der Waals surface area (Å²) in [6.07, 6.45) is 5.65. The average molecular weight is 201 g/mol. The van der Waals surface area contributed by atoms with Crippen LogP contribution >= 0.6 is 0 Å². The van der Waals surface area contributed by atoms with Crippen molar-refractivity contribution in [2.45, 2.75) is 65.5 Å². The van der Waals surface area contributed by atoms with Gasteiger partial charge >= 0.3 is 0 Å². The van der Waals surface area contributed by atoms with Crippen molar-refractivity contribution in [2.75, 3.05) is 13.2 Å². The van der Waals surface area contributed by atoms with E-state index in [-0.39, 0.29) is 0 Å². The van der Waals surface area contributed by atoms with Crippen LogP contribution in [0.5, 0.6) is 0 Å². The molecule has 0 aliphatic rings. The first-order valence-electron chi connectivity index (χ1n) is 6.01. The van der Waals surface area contributed by atoms with Crippen molar-refractivity contribution in [1.29, 1.82) is 0 Å². The van der Waals surface area contributed by atoms with Crippen LogP contribution in [0, 0.1) is 0 Å². The molecule has 0 aliphatic carbocycles. The largest absolute Gasteiger partial charge is 0.377 e. The molecule has 2 nitrogen and oxygen atoms in total. The molecule has 0 aromatic heterocycles. The molecule has 0 spiro atoms. The fourth-order valence-electron chi connectivity index (χ4n) is 1.40. The maximum Gasteiger partial charge on any atom is 0.0594 e. The number of rotatable bonds is 9. The molecule has 0 amide bonds. The summed E-state index contributed by atoms with van der Waals surface area (Å²) in [7, 11) is 0. The molecular weight excluding hydrogens is 174 g/mol. The second-order valence-electron chi connectivity index (χ2n) is 4.27. The van der Waals surface area contributed by atoms with Gasteiger partial charge in [0.2, 0.25) is 0 Å². The minimum Gasteiger partial charge on any atom is -0.377 e. The zero-order chi connectivity index (χ0) is 10.8. The maximum atomic E-state index is 5.46. The Morgan fingerprint density at radius 3 is 2.43 bits per heavy atom. The minimum absolute atomic E-state index is 0.354. The van der Waals surface area contributed by atoms with E-state index in [1.165, 1.54) is 25.7 Å². The molecular formula is C12H27NO. The van der Waals surface area contributed by atoms with Gasteiger partial charge in [0.15, 0.2) is 0 Å². The quantitative estimate of drug-likeness (QED) is 0.579.